The van der Waals surface area contributed by atoms with Crippen LogP contribution in [0.3, 0.4) is 0 Å². The third-order valence-electron chi connectivity index (χ3n) is 3.80. The molecule has 1 atom stereocenters. The lowest BCUT2D eigenvalue weighted by molar-refractivity contribution is 0.100. The van der Waals surface area contributed by atoms with Crippen molar-refractivity contribution in [2.45, 2.75) is 19.8 Å². The van der Waals surface area contributed by atoms with E-state index >= 15 is 0 Å². The number of primary amides is 1. The molecule has 1 aromatic rings. The zero-order valence-electron chi connectivity index (χ0n) is 12.3. The van der Waals surface area contributed by atoms with Gasteiger partial charge in [-0.2, -0.15) is 12.7 Å². The highest BCUT2D eigenvalue weighted by atomic mass is 32.2. The van der Waals surface area contributed by atoms with Crippen LogP contribution >= 0.6 is 0 Å². The number of rotatable bonds is 4. The van der Waals surface area contributed by atoms with Crippen LogP contribution in [-0.2, 0) is 10.2 Å². The Morgan fingerprint density at radius 1 is 1.38 bits per heavy atom. The summed E-state index contributed by atoms with van der Waals surface area (Å²) in [6.45, 7) is 3.06. The molecule has 1 heterocycles. The van der Waals surface area contributed by atoms with E-state index in [1.54, 1.807) is 18.2 Å². The first-order chi connectivity index (χ1) is 9.84. The molecule has 1 aliphatic heterocycles. The van der Waals surface area contributed by atoms with Crippen LogP contribution in [0.1, 0.15) is 30.1 Å². The van der Waals surface area contributed by atoms with Crippen molar-refractivity contribution in [3.05, 3.63) is 29.8 Å². The first-order valence-electron chi connectivity index (χ1n) is 6.97. The van der Waals surface area contributed by atoms with Crippen molar-refractivity contribution in [1.29, 1.82) is 0 Å². The Morgan fingerprint density at radius 2 is 2.05 bits per heavy atom. The Hall–Kier alpha value is -1.60. The average molecular weight is 311 g/mol. The third kappa shape index (κ3) is 3.19. The molecule has 0 saturated carbocycles. The van der Waals surface area contributed by atoms with Crippen LogP contribution in [0.25, 0.3) is 0 Å². The van der Waals surface area contributed by atoms with Crippen LogP contribution in [-0.4, -0.2) is 38.8 Å². The molecule has 0 aliphatic carbocycles. The molecule has 2 N–H and O–H groups in total. The van der Waals surface area contributed by atoms with Gasteiger partial charge in [-0.05, 0) is 30.9 Å². The Morgan fingerprint density at radius 3 is 2.67 bits per heavy atom. The fourth-order valence-corrected chi connectivity index (χ4v) is 4.17. The Labute approximate surface area is 125 Å². The van der Waals surface area contributed by atoms with Crippen molar-refractivity contribution in [1.82, 2.24) is 4.31 Å². The van der Waals surface area contributed by atoms with Crippen LogP contribution in [0.15, 0.2) is 24.3 Å². The van der Waals surface area contributed by atoms with Crippen LogP contribution in [0.5, 0.6) is 0 Å². The first kappa shape index (κ1) is 15.8. The highest BCUT2D eigenvalue weighted by molar-refractivity contribution is 7.90. The van der Waals surface area contributed by atoms with Crippen LogP contribution in [0.4, 0.5) is 5.69 Å². The van der Waals surface area contributed by atoms with Crippen molar-refractivity contribution in [3.8, 4) is 0 Å². The fraction of sp³-hybridized carbons (Fsp3) is 0.500. The van der Waals surface area contributed by atoms with Gasteiger partial charge in [-0.25, -0.2) is 0 Å². The molecule has 2 rings (SSSR count). The van der Waals surface area contributed by atoms with Gasteiger partial charge in [-0.3, -0.25) is 9.10 Å². The molecular formula is C14H21N3O3S. The molecule has 7 heteroatoms. The van der Waals surface area contributed by atoms with Crippen molar-refractivity contribution in [2.75, 3.05) is 24.4 Å². The number of carbonyl (C=O) groups excluding carboxylic acids is 1. The molecule has 6 nitrogen and oxygen atoms in total. The van der Waals surface area contributed by atoms with E-state index in [0.717, 1.165) is 17.1 Å². The van der Waals surface area contributed by atoms with Gasteiger partial charge in [-0.15, -0.1) is 0 Å². The molecule has 1 aromatic carbocycles. The summed E-state index contributed by atoms with van der Waals surface area (Å²) in [5.74, 6) is -0.298. The monoisotopic (exact) mass is 311 g/mol. The summed E-state index contributed by atoms with van der Waals surface area (Å²) in [6.07, 6.45) is 1.89. The number of hydrogen-bond acceptors (Lipinski definition) is 3. The topological polar surface area (TPSA) is 83.7 Å². The highest BCUT2D eigenvalue weighted by Crippen LogP contribution is 2.26. The Balaban J connectivity index is 2.34. The minimum atomic E-state index is -3.65. The van der Waals surface area contributed by atoms with Gasteiger partial charge >= 0.3 is 10.2 Å². The standard InChI is InChI=1S/C14H21N3O3S/c1-11-6-5-9-17(10-11)21(19,20)16(2)13-8-4-3-7-12(13)14(15)18/h3-4,7-8,11H,5-6,9-10H2,1-2H3,(H2,15,18). The number of piperidine rings is 1. The Kier molecular flexibility index (Phi) is 4.53. The number of hydrogen-bond donors (Lipinski definition) is 1. The van der Waals surface area contributed by atoms with Crippen molar-refractivity contribution >= 4 is 21.8 Å². The third-order valence-corrected chi connectivity index (χ3v) is 5.67. The molecular weight excluding hydrogens is 290 g/mol. The van der Waals surface area contributed by atoms with Crippen LogP contribution in [0, 0.1) is 5.92 Å². The molecule has 0 aromatic heterocycles. The summed E-state index contributed by atoms with van der Waals surface area (Å²) in [7, 11) is -2.19. The summed E-state index contributed by atoms with van der Waals surface area (Å²) >= 11 is 0. The summed E-state index contributed by atoms with van der Waals surface area (Å²) in [5, 5.41) is 0. The minimum Gasteiger partial charge on any atom is -0.366 e. The lowest BCUT2D eigenvalue weighted by Crippen LogP contribution is -2.46. The number of nitrogens with zero attached hydrogens (tertiary/aromatic N) is 2. The van der Waals surface area contributed by atoms with Gasteiger partial charge < -0.3 is 5.73 Å². The van der Waals surface area contributed by atoms with Gasteiger partial charge in [-0.1, -0.05) is 19.1 Å². The quantitative estimate of drug-likeness (QED) is 0.907. The van der Waals surface area contributed by atoms with Gasteiger partial charge in [0.05, 0.1) is 11.3 Å². The summed E-state index contributed by atoms with van der Waals surface area (Å²) < 4.78 is 28.0. The maximum absolute atomic E-state index is 12.7. The van der Waals surface area contributed by atoms with Gasteiger partial charge in [0.1, 0.15) is 0 Å². The second kappa shape index (κ2) is 6.03. The van der Waals surface area contributed by atoms with E-state index in [2.05, 4.69) is 0 Å². The Bertz CT molecular complexity index is 630. The van der Waals surface area contributed by atoms with E-state index in [-0.39, 0.29) is 5.56 Å². The molecule has 1 fully saturated rings. The lowest BCUT2D eigenvalue weighted by Gasteiger charge is -2.34. The van der Waals surface area contributed by atoms with Crippen LogP contribution < -0.4 is 10.0 Å². The maximum Gasteiger partial charge on any atom is 0.303 e. The van der Waals surface area contributed by atoms with Crippen molar-refractivity contribution in [3.63, 3.8) is 0 Å². The van der Waals surface area contributed by atoms with Crippen molar-refractivity contribution in [2.24, 2.45) is 11.7 Å². The van der Waals surface area contributed by atoms with Crippen molar-refractivity contribution < 1.29 is 13.2 Å². The van der Waals surface area contributed by atoms with E-state index in [1.807, 2.05) is 6.92 Å². The number of carbonyl (C=O) groups is 1. The second-order valence-electron chi connectivity index (χ2n) is 5.46. The van der Waals surface area contributed by atoms with Gasteiger partial charge in [0.15, 0.2) is 0 Å². The molecule has 1 saturated heterocycles. The molecule has 21 heavy (non-hydrogen) atoms. The summed E-state index contributed by atoms with van der Waals surface area (Å²) in [6, 6.07) is 6.47. The summed E-state index contributed by atoms with van der Waals surface area (Å²) in [4.78, 5) is 11.5. The zero-order chi connectivity index (χ0) is 15.6. The molecule has 0 spiro atoms. The molecule has 1 unspecified atom stereocenters. The van der Waals surface area contributed by atoms with E-state index in [4.69, 9.17) is 5.73 Å². The predicted octanol–water partition coefficient (Wildman–Crippen LogP) is 1.20. The zero-order valence-corrected chi connectivity index (χ0v) is 13.1. The normalized spacial score (nSPS) is 20.2. The second-order valence-corrected chi connectivity index (χ2v) is 7.42. The van der Waals surface area contributed by atoms with E-state index < -0.39 is 16.1 Å². The highest BCUT2D eigenvalue weighted by Gasteiger charge is 2.32. The number of para-hydroxylation sites is 1. The SMILES string of the molecule is CC1CCCN(S(=O)(=O)N(C)c2ccccc2C(N)=O)C1. The molecule has 1 aliphatic rings. The average Bonchev–Trinajstić information content (AvgIpc) is 2.46. The largest absolute Gasteiger partial charge is 0.366 e. The molecule has 0 bridgehead atoms. The minimum absolute atomic E-state index is 0.202. The van der Waals surface area contributed by atoms with Crippen LogP contribution in [0.2, 0.25) is 0 Å². The van der Waals surface area contributed by atoms with Gasteiger partial charge in [0.25, 0.3) is 5.91 Å². The maximum atomic E-state index is 12.7. The van der Waals surface area contributed by atoms with Gasteiger partial charge in [0, 0.05) is 20.1 Å². The number of amides is 1. The molecule has 116 valence electrons. The van der Waals surface area contributed by atoms with E-state index in [1.165, 1.54) is 17.4 Å². The summed E-state index contributed by atoms with van der Waals surface area (Å²) in [5.41, 5.74) is 5.83. The number of anilines is 1. The fourth-order valence-electron chi connectivity index (χ4n) is 2.61. The first-order valence-corrected chi connectivity index (χ1v) is 8.36. The number of nitrogens with two attached hydrogens (primary N) is 1. The van der Waals surface area contributed by atoms with Gasteiger partial charge in [0.2, 0.25) is 0 Å². The molecule has 1 amide bonds. The smallest absolute Gasteiger partial charge is 0.303 e. The van der Waals surface area contributed by atoms with E-state index in [9.17, 15) is 13.2 Å². The number of benzene rings is 1. The predicted molar refractivity (Wildman–Crippen MR) is 82.3 cm³/mol. The molecule has 0 radical (unpaired) electrons. The lowest BCUT2D eigenvalue weighted by atomic mass is 10.0. The van der Waals surface area contributed by atoms with E-state index in [0.29, 0.717) is 24.7 Å².